The summed E-state index contributed by atoms with van der Waals surface area (Å²) in [6.45, 7) is 8.25. The second-order valence-corrected chi connectivity index (χ2v) is 10.8. The number of hydrogen-bond acceptors (Lipinski definition) is 5. The van der Waals surface area contributed by atoms with Crippen LogP contribution in [0.25, 0.3) is 0 Å². The van der Waals surface area contributed by atoms with Crippen LogP contribution in [-0.4, -0.2) is 28.9 Å². The van der Waals surface area contributed by atoms with Crippen LogP contribution in [0.2, 0.25) is 0 Å². The molecular formula is C27H45N5O2. The highest BCUT2D eigenvalue weighted by Crippen LogP contribution is 2.45. The molecule has 6 N–H and O–H groups in total. The van der Waals surface area contributed by atoms with Crippen molar-refractivity contribution in [1.82, 2.24) is 15.6 Å². The number of nitrogens with one attached hydrogen (secondary N) is 2. The number of nitrogens with two attached hydrogens (primary N) is 2. The summed E-state index contributed by atoms with van der Waals surface area (Å²) in [6, 6.07) is 0.639. The van der Waals surface area contributed by atoms with Crippen molar-refractivity contribution < 1.29 is 9.59 Å². The van der Waals surface area contributed by atoms with E-state index in [9.17, 15) is 9.59 Å². The van der Waals surface area contributed by atoms with Crippen LogP contribution >= 0.6 is 0 Å². The summed E-state index contributed by atoms with van der Waals surface area (Å²) in [7, 11) is 0. The van der Waals surface area contributed by atoms with Crippen LogP contribution in [0, 0.1) is 37.5 Å². The Hall–Kier alpha value is -2.15. The molecule has 0 bridgehead atoms. The lowest BCUT2D eigenvalue weighted by molar-refractivity contribution is -0.131. The Morgan fingerprint density at radius 1 is 1.12 bits per heavy atom. The number of carbonyl (C=O) groups is 2. The number of pyridine rings is 1. The summed E-state index contributed by atoms with van der Waals surface area (Å²) >= 11 is 0. The van der Waals surface area contributed by atoms with Crippen molar-refractivity contribution in [3.63, 3.8) is 0 Å². The van der Waals surface area contributed by atoms with Crippen LogP contribution in [0.1, 0.15) is 88.5 Å². The van der Waals surface area contributed by atoms with Gasteiger partial charge >= 0.3 is 0 Å². The maximum absolute atomic E-state index is 13.4. The molecule has 0 spiro atoms. The Balaban J connectivity index is 1.73. The van der Waals surface area contributed by atoms with Gasteiger partial charge in [-0.2, -0.15) is 0 Å². The Morgan fingerprint density at radius 2 is 1.82 bits per heavy atom. The predicted octanol–water partition coefficient (Wildman–Crippen LogP) is 3.75. The van der Waals surface area contributed by atoms with Gasteiger partial charge < -0.3 is 22.1 Å². The van der Waals surface area contributed by atoms with Gasteiger partial charge in [-0.25, -0.2) is 4.98 Å². The minimum atomic E-state index is -0.611. The molecule has 34 heavy (non-hydrogen) atoms. The number of nitrogen functional groups attached to an aromatic ring is 1. The number of aromatic nitrogens is 1. The van der Waals surface area contributed by atoms with E-state index in [1.54, 1.807) is 0 Å². The average Bonchev–Trinajstić information content (AvgIpc) is 2.81. The van der Waals surface area contributed by atoms with Crippen LogP contribution in [0.3, 0.4) is 0 Å². The third-order valence-electron chi connectivity index (χ3n) is 8.47. The van der Waals surface area contributed by atoms with Crippen LogP contribution in [0.4, 0.5) is 5.82 Å². The van der Waals surface area contributed by atoms with Gasteiger partial charge in [-0.3, -0.25) is 9.59 Å². The molecule has 0 aliphatic heterocycles. The highest BCUT2D eigenvalue weighted by Gasteiger charge is 2.37. The highest BCUT2D eigenvalue weighted by atomic mass is 16.2. The fourth-order valence-electron chi connectivity index (χ4n) is 6.13. The lowest BCUT2D eigenvalue weighted by Crippen LogP contribution is -2.54. The first kappa shape index (κ1) is 26.5. The van der Waals surface area contributed by atoms with Crippen LogP contribution in [0.15, 0.2) is 6.07 Å². The zero-order valence-corrected chi connectivity index (χ0v) is 21.5. The first-order valence-corrected chi connectivity index (χ1v) is 13.3. The van der Waals surface area contributed by atoms with Gasteiger partial charge in [-0.15, -0.1) is 0 Å². The molecule has 7 heteroatoms. The third kappa shape index (κ3) is 6.49. The summed E-state index contributed by atoms with van der Waals surface area (Å²) < 4.78 is 0. The molecule has 2 amide bonds. The van der Waals surface area contributed by atoms with E-state index in [4.69, 9.17) is 11.5 Å². The number of carbonyl (C=O) groups excluding carboxylic acids is 2. The van der Waals surface area contributed by atoms with Gasteiger partial charge in [0, 0.05) is 12.2 Å². The zero-order chi connectivity index (χ0) is 24.8. The van der Waals surface area contributed by atoms with Crippen molar-refractivity contribution >= 4 is 17.6 Å². The molecule has 4 unspecified atom stereocenters. The quantitative estimate of drug-likeness (QED) is 0.437. The zero-order valence-electron chi connectivity index (χ0n) is 21.5. The van der Waals surface area contributed by atoms with Gasteiger partial charge in [0.25, 0.3) is 0 Å². The Bertz CT molecular complexity index is 832. The first-order valence-electron chi connectivity index (χ1n) is 13.3. The van der Waals surface area contributed by atoms with Crippen LogP contribution < -0.4 is 22.1 Å². The fraction of sp³-hybridized carbons (Fsp3) is 0.741. The topological polar surface area (TPSA) is 123 Å². The molecule has 0 aromatic carbocycles. The van der Waals surface area contributed by atoms with E-state index in [0.717, 1.165) is 35.6 Å². The molecule has 0 radical (unpaired) electrons. The van der Waals surface area contributed by atoms with Gasteiger partial charge in [0.15, 0.2) is 0 Å². The lowest BCUT2D eigenvalue weighted by atomic mass is 9.64. The molecule has 1 heterocycles. The lowest BCUT2D eigenvalue weighted by Gasteiger charge is -2.42. The number of amides is 2. The van der Waals surface area contributed by atoms with E-state index in [1.807, 2.05) is 33.8 Å². The van der Waals surface area contributed by atoms with E-state index >= 15 is 0 Å². The molecule has 1 aromatic rings. The molecule has 2 aliphatic carbocycles. The molecule has 3 rings (SSSR count). The van der Waals surface area contributed by atoms with E-state index in [-0.39, 0.29) is 17.7 Å². The molecule has 0 saturated heterocycles. The second-order valence-electron chi connectivity index (χ2n) is 10.8. The number of fused-ring (bicyclic) bond motifs is 1. The monoisotopic (exact) mass is 471 g/mol. The third-order valence-corrected chi connectivity index (χ3v) is 8.47. The van der Waals surface area contributed by atoms with E-state index < -0.39 is 12.1 Å². The first-order chi connectivity index (χ1) is 16.2. The Morgan fingerprint density at radius 3 is 2.53 bits per heavy atom. The van der Waals surface area contributed by atoms with E-state index in [1.165, 1.54) is 38.5 Å². The van der Waals surface area contributed by atoms with Gasteiger partial charge in [0.2, 0.25) is 11.8 Å². The maximum atomic E-state index is 13.4. The molecule has 2 saturated carbocycles. The minimum Gasteiger partial charge on any atom is -0.384 e. The van der Waals surface area contributed by atoms with Gasteiger partial charge in [0.05, 0.1) is 6.04 Å². The van der Waals surface area contributed by atoms with Crippen molar-refractivity contribution in [3.8, 4) is 0 Å². The number of hydrogen-bond donors (Lipinski definition) is 4. The standard InChI is InChI=1S/C27H45N5O2/c1-5-16(2)25(29)27(34)32-23(14-20-11-8-10-19-9-6-7-12-21(19)20)26(33)30-15-22-17(3)13-24(28)31-18(22)4/h13,16,19-21,23,25H,5-12,14-15,29H2,1-4H3,(H2,28,31)(H,30,33)(H,32,34)/t16?,19?,20?,21?,23-,25+/m0/s1. The Labute approximate surface area is 205 Å². The Kier molecular flexibility index (Phi) is 9.34. The van der Waals surface area contributed by atoms with Crippen molar-refractivity contribution in [3.05, 3.63) is 22.9 Å². The average molecular weight is 472 g/mol. The largest absolute Gasteiger partial charge is 0.384 e. The van der Waals surface area contributed by atoms with E-state index in [2.05, 4.69) is 15.6 Å². The molecular weight excluding hydrogens is 426 g/mol. The minimum absolute atomic E-state index is 0.0623. The molecule has 1 aromatic heterocycles. The van der Waals surface area contributed by atoms with Crippen LogP contribution in [-0.2, 0) is 16.1 Å². The van der Waals surface area contributed by atoms with Crippen molar-refractivity contribution in [2.45, 2.75) is 104 Å². The summed E-state index contributed by atoms with van der Waals surface area (Å²) in [4.78, 5) is 30.7. The van der Waals surface area contributed by atoms with Gasteiger partial charge in [-0.1, -0.05) is 58.8 Å². The fourth-order valence-corrected chi connectivity index (χ4v) is 6.13. The smallest absolute Gasteiger partial charge is 0.242 e. The summed E-state index contributed by atoms with van der Waals surface area (Å²) in [5.74, 6) is 2.09. The van der Waals surface area contributed by atoms with Crippen molar-refractivity contribution in [1.29, 1.82) is 0 Å². The SMILES string of the molecule is CCC(C)[C@@H](N)C(=O)N[C@@H](CC1CCCC2CCCCC21)C(=O)NCc1c(C)cc(N)nc1C. The van der Waals surface area contributed by atoms with Crippen LogP contribution in [0.5, 0.6) is 0 Å². The molecule has 7 nitrogen and oxygen atoms in total. The molecule has 6 atom stereocenters. The summed E-state index contributed by atoms with van der Waals surface area (Å²) in [5, 5.41) is 6.11. The predicted molar refractivity (Wildman–Crippen MR) is 137 cm³/mol. The normalized spacial score (nSPS) is 25.0. The number of aryl methyl sites for hydroxylation is 2. The summed E-state index contributed by atoms with van der Waals surface area (Å²) in [6.07, 6.45) is 10.3. The van der Waals surface area contributed by atoms with E-state index in [0.29, 0.717) is 30.6 Å². The highest BCUT2D eigenvalue weighted by molar-refractivity contribution is 5.89. The second kappa shape index (κ2) is 12.0. The molecule has 190 valence electrons. The molecule has 2 aliphatic rings. The van der Waals surface area contributed by atoms with Gasteiger partial charge in [-0.05, 0) is 67.6 Å². The number of anilines is 1. The van der Waals surface area contributed by atoms with Gasteiger partial charge in [0.1, 0.15) is 11.9 Å². The number of rotatable bonds is 9. The summed E-state index contributed by atoms with van der Waals surface area (Å²) in [5.41, 5.74) is 14.8. The van der Waals surface area contributed by atoms with Crippen molar-refractivity contribution in [2.75, 3.05) is 5.73 Å². The maximum Gasteiger partial charge on any atom is 0.242 e. The molecule has 2 fully saturated rings. The van der Waals surface area contributed by atoms with Crippen molar-refractivity contribution in [2.24, 2.45) is 29.4 Å². The number of nitrogens with zero attached hydrogens (tertiary/aromatic N) is 1.